The van der Waals surface area contributed by atoms with Crippen LogP contribution in [-0.2, 0) is 24.0 Å². The van der Waals surface area contributed by atoms with Gasteiger partial charge in [0, 0.05) is 11.4 Å². The number of benzene rings is 1. The van der Waals surface area contributed by atoms with Crippen molar-refractivity contribution in [1.82, 2.24) is 0 Å². The lowest BCUT2D eigenvalue weighted by molar-refractivity contribution is 0.0605. The normalized spacial score (nSPS) is 28.1. The minimum atomic E-state index is 0.629. The van der Waals surface area contributed by atoms with E-state index in [1.165, 1.54) is 24.8 Å². The Morgan fingerprint density at radius 2 is 2.12 bits per heavy atom. The fourth-order valence-electron chi connectivity index (χ4n) is 3.01. The third-order valence-electron chi connectivity index (χ3n) is 4.04. The molecule has 1 aliphatic carbocycles. The molecule has 2 aliphatic rings. The van der Waals surface area contributed by atoms with E-state index in [9.17, 15) is 0 Å². The van der Waals surface area contributed by atoms with E-state index in [0.29, 0.717) is 10.7 Å². The molecule has 2 unspecified atom stereocenters. The highest BCUT2D eigenvalue weighted by Crippen LogP contribution is 2.28. The van der Waals surface area contributed by atoms with Gasteiger partial charge in [-0.15, -0.1) is 0 Å². The summed E-state index contributed by atoms with van der Waals surface area (Å²) in [4.78, 5) is 0.629. The van der Waals surface area contributed by atoms with Crippen molar-refractivity contribution in [1.29, 1.82) is 0 Å². The molecule has 1 heterocycles. The molecule has 2 heteroatoms. The molecule has 1 fully saturated rings. The number of hydrogen-bond acceptors (Lipinski definition) is 1. The van der Waals surface area contributed by atoms with E-state index in [2.05, 4.69) is 34.1 Å². The van der Waals surface area contributed by atoms with Crippen LogP contribution < -0.4 is 0 Å². The van der Waals surface area contributed by atoms with Gasteiger partial charge in [-0.25, -0.2) is 0 Å². The number of ether oxygens (including phenoxy) is 1. The standard InChI is InChI=1S/C15H19BrO/c16-15-6-7-17-10-14(15)9-11-4-5-12-2-1-3-13(12)8-11/h4-5,8,14-15H,1-3,6-7,9-10H2. The van der Waals surface area contributed by atoms with Crippen molar-refractivity contribution in [3.05, 3.63) is 34.9 Å². The minimum absolute atomic E-state index is 0.629. The summed E-state index contributed by atoms with van der Waals surface area (Å²) in [5, 5.41) is 0. The fourth-order valence-corrected chi connectivity index (χ4v) is 3.54. The van der Waals surface area contributed by atoms with Crippen LogP contribution in [-0.4, -0.2) is 18.0 Å². The highest BCUT2D eigenvalue weighted by Gasteiger charge is 2.24. The number of rotatable bonds is 2. The zero-order valence-electron chi connectivity index (χ0n) is 10.1. The van der Waals surface area contributed by atoms with Crippen LogP contribution in [0.25, 0.3) is 0 Å². The van der Waals surface area contributed by atoms with Gasteiger partial charge in [-0.3, -0.25) is 0 Å². The highest BCUT2D eigenvalue weighted by atomic mass is 79.9. The van der Waals surface area contributed by atoms with Gasteiger partial charge in [0.1, 0.15) is 0 Å². The third-order valence-corrected chi connectivity index (χ3v) is 5.25. The zero-order valence-corrected chi connectivity index (χ0v) is 11.7. The summed E-state index contributed by atoms with van der Waals surface area (Å²) in [6.45, 7) is 1.82. The van der Waals surface area contributed by atoms with Crippen LogP contribution in [0, 0.1) is 5.92 Å². The molecule has 0 amide bonds. The summed E-state index contributed by atoms with van der Waals surface area (Å²) >= 11 is 3.79. The summed E-state index contributed by atoms with van der Waals surface area (Å²) in [6.07, 6.45) is 6.20. The van der Waals surface area contributed by atoms with E-state index >= 15 is 0 Å². The second-order valence-corrected chi connectivity index (χ2v) is 6.48. The van der Waals surface area contributed by atoms with E-state index < -0.39 is 0 Å². The molecule has 2 atom stereocenters. The summed E-state index contributed by atoms with van der Waals surface area (Å²) in [6, 6.07) is 7.08. The number of fused-ring (bicyclic) bond motifs is 1. The molecule has 0 bridgehead atoms. The maximum Gasteiger partial charge on any atom is 0.0508 e. The Labute approximate surface area is 112 Å². The van der Waals surface area contributed by atoms with E-state index in [0.717, 1.165) is 26.1 Å². The fraction of sp³-hybridized carbons (Fsp3) is 0.600. The van der Waals surface area contributed by atoms with Crippen molar-refractivity contribution in [2.75, 3.05) is 13.2 Å². The first-order chi connectivity index (χ1) is 8.33. The molecule has 1 nitrogen and oxygen atoms in total. The smallest absolute Gasteiger partial charge is 0.0508 e. The van der Waals surface area contributed by atoms with E-state index in [-0.39, 0.29) is 0 Å². The van der Waals surface area contributed by atoms with Gasteiger partial charge in [0.25, 0.3) is 0 Å². The lowest BCUT2D eigenvalue weighted by atomic mass is 9.92. The van der Waals surface area contributed by atoms with Crippen LogP contribution in [0.15, 0.2) is 18.2 Å². The van der Waals surface area contributed by atoms with Crippen LogP contribution in [0.5, 0.6) is 0 Å². The number of halogens is 1. The Balaban J connectivity index is 1.72. The summed E-state index contributed by atoms with van der Waals surface area (Å²) in [5.74, 6) is 0.642. The van der Waals surface area contributed by atoms with Crippen molar-refractivity contribution in [2.45, 2.75) is 36.9 Å². The SMILES string of the molecule is BrC1CCOCC1Cc1ccc2c(c1)CCC2. The average Bonchev–Trinajstić information content (AvgIpc) is 2.79. The summed E-state index contributed by atoms with van der Waals surface area (Å²) in [5.41, 5.74) is 4.65. The molecule has 0 N–H and O–H groups in total. The van der Waals surface area contributed by atoms with Crippen LogP contribution in [0.3, 0.4) is 0 Å². The lowest BCUT2D eigenvalue weighted by Crippen LogP contribution is -2.29. The van der Waals surface area contributed by atoms with Crippen molar-refractivity contribution in [3.8, 4) is 0 Å². The maximum atomic E-state index is 5.59. The van der Waals surface area contributed by atoms with Gasteiger partial charge in [-0.2, -0.15) is 0 Å². The van der Waals surface area contributed by atoms with Crippen LogP contribution in [0.4, 0.5) is 0 Å². The molecule has 0 radical (unpaired) electrons. The molecular formula is C15H19BrO. The van der Waals surface area contributed by atoms with Crippen molar-refractivity contribution >= 4 is 15.9 Å². The van der Waals surface area contributed by atoms with Crippen molar-refractivity contribution in [3.63, 3.8) is 0 Å². The topological polar surface area (TPSA) is 9.23 Å². The quantitative estimate of drug-likeness (QED) is 0.759. The predicted molar refractivity (Wildman–Crippen MR) is 73.8 cm³/mol. The monoisotopic (exact) mass is 294 g/mol. The molecule has 0 saturated carbocycles. The van der Waals surface area contributed by atoms with Gasteiger partial charge in [0.15, 0.2) is 0 Å². The molecule has 17 heavy (non-hydrogen) atoms. The van der Waals surface area contributed by atoms with Crippen LogP contribution >= 0.6 is 15.9 Å². The third kappa shape index (κ3) is 2.58. The molecular weight excluding hydrogens is 276 g/mol. The number of hydrogen-bond donors (Lipinski definition) is 0. The summed E-state index contributed by atoms with van der Waals surface area (Å²) < 4.78 is 5.59. The summed E-state index contributed by atoms with van der Waals surface area (Å²) in [7, 11) is 0. The zero-order chi connectivity index (χ0) is 11.7. The van der Waals surface area contributed by atoms with E-state index in [1.807, 2.05) is 0 Å². The Morgan fingerprint density at radius 1 is 1.24 bits per heavy atom. The van der Waals surface area contributed by atoms with Gasteiger partial charge >= 0.3 is 0 Å². The largest absolute Gasteiger partial charge is 0.381 e. The minimum Gasteiger partial charge on any atom is -0.381 e. The first-order valence-electron chi connectivity index (χ1n) is 6.65. The molecule has 3 rings (SSSR count). The van der Waals surface area contributed by atoms with Crippen LogP contribution in [0.2, 0.25) is 0 Å². The van der Waals surface area contributed by atoms with Gasteiger partial charge in [-0.1, -0.05) is 34.1 Å². The maximum absolute atomic E-state index is 5.59. The highest BCUT2D eigenvalue weighted by molar-refractivity contribution is 9.09. The van der Waals surface area contributed by atoms with Crippen LogP contribution in [0.1, 0.15) is 29.5 Å². The second kappa shape index (κ2) is 5.11. The molecule has 1 aliphatic heterocycles. The Hall–Kier alpha value is -0.340. The predicted octanol–water partition coefficient (Wildman–Crippen LogP) is 3.52. The molecule has 1 aromatic rings. The number of aryl methyl sites for hydroxylation is 2. The van der Waals surface area contributed by atoms with Gasteiger partial charge in [0.2, 0.25) is 0 Å². The van der Waals surface area contributed by atoms with Gasteiger partial charge in [0.05, 0.1) is 6.61 Å². The average molecular weight is 295 g/mol. The Bertz CT molecular complexity index is 402. The van der Waals surface area contributed by atoms with Crippen molar-refractivity contribution < 1.29 is 4.74 Å². The first-order valence-corrected chi connectivity index (χ1v) is 7.57. The molecule has 92 valence electrons. The Kier molecular flexibility index (Phi) is 3.53. The Morgan fingerprint density at radius 3 is 3.00 bits per heavy atom. The second-order valence-electron chi connectivity index (χ2n) is 5.30. The van der Waals surface area contributed by atoms with E-state index in [1.54, 1.807) is 11.1 Å². The first kappa shape index (κ1) is 11.7. The van der Waals surface area contributed by atoms with Gasteiger partial charge < -0.3 is 4.74 Å². The lowest BCUT2D eigenvalue weighted by Gasteiger charge is -2.27. The number of alkyl halides is 1. The molecule has 0 spiro atoms. The van der Waals surface area contributed by atoms with Gasteiger partial charge in [-0.05, 0) is 54.7 Å². The van der Waals surface area contributed by atoms with Crippen molar-refractivity contribution in [2.24, 2.45) is 5.92 Å². The molecule has 0 aromatic heterocycles. The molecule has 1 saturated heterocycles. The molecule has 1 aromatic carbocycles. The van der Waals surface area contributed by atoms with E-state index in [4.69, 9.17) is 4.74 Å².